The van der Waals surface area contributed by atoms with E-state index in [0.717, 1.165) is 11.3 Å². The zero-order chi connectivity index (χ0) is 13.1. The van der Waals surface area contributed by atoms with Crippen molar-refractivity contribution >= 4 is 39.7 Å². The summed E-state index contributed by atoms with van der Waals surface area (Å²) in [6, 6.07) is 0. The van der Waals surface area contributed by atoms with Crippen LogP contribution in [0.2, 0.25) is 0 Å². The van der Waals surface area contributed by atoms with Gasteiger partial charge in [0.15, 0.2) is 5.13 Å². The molecule has 0 aliphatic carbocycles. The smallest absolute Gasteiger partial charge is 0.347 e. The molecule has 1 amide bonds. The predicted octanol–water partition coefficient (Wildman–Crippen LogP) is 1.79. The minimum Gasteiger partial charge on any atom is -0.477 e. The first-order chi connectivity index (χ1) is 8.56. The number of thiazole rings is 2. The first-order valence-electron chi connectivity index (χ1n) is 4.95. The Bertz CT molecular complexity index is 577. The van der Waals surface area contributed by atoms with Gasteiger partial charge in [0.25, 0.3) is 0 Å². The van der Waals surface area contributed by atoms with Crippen molar-refractivity contribution < 1.29 is 14.7 Å². The summed E-state index contributed by atoms with van der Waals surface area (Å²) in [7, 11) is 0. The van der Waals surface area contributed by atoms with Crippen molar-refractivity contribution in [3.63, 3.8) is 0 Å². The van der Waals surface area contributed by atoms with Crippen molar-refractivity contribution in [3.05, 3.63) is 27.2 Å². The first kappa shape index (κ1) is 12.7. The number of carbonyl (C=O) groups is 2. The maximum absolute atomic E-state index is 11.6. The topological polar surface area (TPSA) is 92.2 Å². The van der Waals surface area contributed by atoms with Gasteiger partial charge in [0.2, 0.25) is 5.91 Å². The Morgan fingerprint density at radius 3 is 2.83 bits per heavy atom. The Kier molecular flexibility index (Phi) is 3.68. The molecular formula is C10H9N3O3S2. The van der Waals surface area contributed by atoms with Crippen LogP contribution >= 0.6 is 22.7 Å². The molecule has 2 rings (SSSR count). The van der Waals surface area contributed by atoms with Crippen LogP contribution in [0.25, 0.3) is 0 Å². The minimum absolute atomic E-state index is 0.0539. The Morgan fingerprint density at radius 1 is 1.50 bits per heavy atom. The number of rotatable bonds is 4. The number of aromatic carboxylic acids is 1. The molecule has 0 fully saturated rings. The highest BCUT2D eigenvalue weighted by atomic mass is 32.1. The molecule has 0 unspecified atom stereocenters. The third-order valence-corrected chi connectivity index (χ3v) is 3.86. The van der Waals surface area contributed by atoms with Gasteiger partial charge in [-0.2, -0.15) is 0 Å². The third kappa shape index (κ3) is 2.90. The Balaban J connectivity index is 2.03. The van der Waals surface area contributed by atoms with Crippen molar-refractivity contribution in [1.29, 1.82) is 0 Å². The maximum Gasteiger partial charge on any atom is 0.347 e. The van der Waals surface area contributed by atoms with Crippen LogP contribution in [0.15, 0.2) is 11.6 Å². The number of amides is 1. The van der Waals surface area contributed by atoms with Gasteiger partial charge < -0.3 is 10.4 Å². The summed E-state index contributed by atoms with van der Waals surface area (Å²) in [6.45, 7) is 1.61. The van der Waals surface area contributed by atoms with Gasteiger partial charge in [-0.1, -0.05) is 0 Å². The first-order valence-corrected chi connectivity index (χ1v) is 6.65. The number of hydrogen-bond donors (Lipinski definition) is 2. The molecule has 2 N–H and O–H groups in total. The van der Waals surface area contributed by atoms with Crippen molar-refractivity contribution in [2.75, 3.05) is 5.32 Å². The second-order valence-corrected chi connectivity index (χ2v) is 5.37. The highest BCUT2D eigenvalue weighted by Gasteiger charge is 2.16. The molecule has 94 valence electrons. The molecule has 6 nitrogen and oxygen atoms in total. The molecule has 2 aromatic heterocycles. The lowest BCUT2D eigenvalue weighted by molar-refractivity contribution is -0.115. The maximum atomic E-state index is 11.6. The zero-order valence-electron chi connectivity index (χ0n) is 9.34. The van der Waals surface area contributed by atoms with Gasteiger partial charge in [-0.3, -0.25) is 4.79 Å². The summed E-state index contributed by atoms with van der Waals surface area (Å²) >= 11 is 2.34. The van der Waals surface area contributed by atoms with Crippen LogP contribution in [-0.2, 0) is 11.2 Å². The summed E-state index contributed by atoms with van der Waals surface area (Å²) in [5.41, 5.74) is 0.435. The number of aromatic nitrogens is 2. The number of carboxylic acids is 1. The van der Waals surface area contributed by atoms with E-state index in [2.05, 4.69) is 15.3 Å². The molecule has 0 bridgehead atoms. The number of hydrogen-bond acceptors (Lipinski definition) is 6. The molecule has 0 spiro atoms. The number of nitrogens with one attached hydrogen (secondary N) is 1. The quantitative estimate of drug-likeness (QED) is 0.892. The fourth-order valence-corrected chi connectivity index (χ4v) is 2.76. The largest absolute Gasteiger partial charge is 0.477 e. The molecule has 0 saturated carbocycles. The van der Waals surface area contributed by atoms with Gasteiger partial charge in [0, 0.05) is 11.6 Å². The van der Waals surface area contributed by atoms with E-state index in [4.69, 9.17) is 5.11 Å². The fourth-order valence-electron chi connectivity index (χ4n) is 1.31. The molecule has 0 atom stereocenters. The standard InChI is InChI=1S/C10H9N3O3S2/c1-5-8(9(15)16)18-7(12-5)4-6(14)13-10-11-2-3-17-10/h2-3H,4H2,1H3,(H,15,16)(H,11,13,14). The van der Waals surface area contributed by atoms with Gasteiger partial charge in [0.1, 0.15) is 9.88 Å². The van der Waals surface area contributed by atoms with Crippen molar-refractivity contribution in [2.24, 2.45) is 0 Å². The summed E-state index contributed by atoms with van der Waals surface area (Å²) in [4.78, 5) is 30.6. The number of nitrogens with zero attached hydrogens (tertiary/aromatic N) is 2. The molecule has 18 heavy (non-hydrogen) atoms. The van der Waals surface area contributed by atoms with Crippen molar-refractivity contribution in [2.45, 2.75) is 13.3 Å². The van der Waals surface area contributed by atoms with E-state index in [1.54, 1.807) is 18.5 Å². The van der Waals surface area contributed by atoms with E-state index in [0.29, 0.717) is 15.8 Å². The molecule has 0 radical (unpaired) electrons. The van der Waals surface area contributed by atoms with Gasteiger partial charge >= 0.3 is 5.97 Å². The highest BCUT2D eigenvalue weighted by molar-refractivity contribution is 7.14. The molecular weight excluding hydrogens is 274 g/mol. The van der Waals surface area contributed by atoms with Gasteiger partial charge in [-0.05, 0) is 6.92 Å². The SMILES string of the molecule is Cc1nc(CC(=O)Nc2nccs2)sc1C(=O)O. The molecule has 2 heterocycles. The van der Waals surface area contributed by atoms with Crippen LogP contribution in [0.5, 0.6) is 0 Å². The summed E-state index contributed by atoms with van der Waals surface area (Å²) < 4.78 is 0. The number of anilines is 1. The Hall–Kier alpha value is -1.80. The lowest BCUT2D eigenvalue weighted by atomic mass is 10.4. The zero-order valence-corrected chi connectivity index (χ0v) is 11.0. The number of carboxylic acid groups (broad SMARTS) is 1. The van der Waals surface area contributed by atoms with E-state index in [1.165, 1.54) is 11.3 Å². The van der Waals surface area contributed by atoms with Crippen LogP contribution < -0.4 is 5.32 Å². The van der Waals surface area contributed by atoms with E-state index >= 15 is 0 Å². The number of carbonyl (C=O) groups excluding carboxylic acids is 1. The molecule has 0 aliphatic rings. The van der Waals surface area contributed by atoms with Crippen LogP contribution in [0, 0.1) is 6.92 Å². The van der Waals surface area contributed by atoms with Gasteiger partial charge in [0.05, 0.1) is 12.1 Å². The lowest BCUT2D eigenvalue weighted by Crippen LogP contribution is -2.13. The molecule has 0 aromatic carbocycles. The van der Waals surface area contributed by atoms with E-state index in [9.17, 15) is 9.59 Å². The fraction of sp³-hybridized carbons (Fsp3) is 0.200. The van der Waals surface area contributed by atoms with Crippen molar-refractivity contribution in [1.82, 2.24) is 9.97 Å². The molecule has 0 aliphatic heterocycles. The van der Waals surface area contributed by atoms with Gasteiger partial charge in [-0.25, -0.2) is 14.8 Å². The molecule has 8 heteroatoms. The van der Waals surface area contributed by atoms with Crippen molar-refractivity contribution in [3.8, 4) is 0 Å². The third-order valence-electron chi connectivity index (χ3n) is 2.03. The lowest BCUT2D eigenvalue weighted by Gasteiger charge is -1.98. The summed E-state index contributed by atoms with van der Waals surface area (Å²) in [5, 5.41) is 14.3. The predicted molar refractivity (Wildman–Crippen MR) is 68.3 cm³/mol. The van der Waals surface area contributed by atoms with Crippen LogP contribution in [0.1, 0.15) is 20.4 Å². The van der Waals surface area contributed by atoms with E-state index in [-0.39, 0.29) is 17.2 Å². The van der Waals surface area contributed by atoms with Crippen LogP contribution in [0.4, 0.5) is 5.13 Å². The minimum atomic E-state index is -1.02. The Morgan fingerprint density at radius 2 is 2.28 bits per heavy atom. The Labute approximate surface area is 110 Å². The van der Waals surface area contributed by atoms with E-state index < -0.39 is 5.97 Å². The summed E-state index contributed by atoms with van der Waals surface area (Å²) in [6.07, 6.45) is 1.65. The average Bonchev–Trinajstić information content (AvgIpc) is 2.88. The second kappa shape index (κ2) is 5.23. The second-order valence-electron chi connectivity index (χ2n) is 3.39. The molecule has 2 aromatic rings. The van der Waals surface area contributed by atoms with E-state index in [1.807, 2.05) is 0 Å². The highest BCUT2D eigenvalue weighted by Crippen LogP contribution is 2.19. The molecule has 0 saturated heterocycles. The average molecular weight is 283 g/mol. The van der Waals surface area contributed by atoms with Crippen LogP contribution in [-0.4, -0.2) is 27.0 Å². The monoisotopic (exact) mass is 283 g/mol. The summed E-state index contributed by atoms with van der Waals surface area (Å²) in [5.74, 6) is -1.27. The number of aryl methyl sites for hydroxylation is 1. The van der Waals surface area contributed by atoms with Gasteiger partial charge in [-0.15, -0.1) is 22.7 Å². The normalized spacial score (nSPS) is 10.3. The van der Waals surface area contributed by atoms with Crippen LogP contribution in [0.3, 0.4) is 0 Å².